The second-order valence-electron chi connectivity index (χ2n) is 7.08. The summed E-state index contributed by atoms with van der Waals surface area (Å²) in [6.07, 6.45) is 2.20. The summed E-state index contributed by atoms with van der Waals surface area (Å²) in [4.78, 5) is 40.2. The van der Waals surface area contributed by atoms with Crippen LogP contribution in [0.1, 0.15) is 23.8 Å². The van der Waals surface area contributed by atoms with Crippen molar-refractivity contribution in [3.05, 3.63) is 60.1 Å². The van der Waals surface area contributed by atoms with Crippen molar-refractivity contribution in [2.75, 3.05) is 20.3 Å². The molecule has 29 heavy (non-hydrogen) atoms. The van der Waals surface area contributed by atoms with Crippen molar-refractivity contribution in [1.29, 1.82) is 0 Å². The van der Waals surface area contributed by atoms with Gasteiger partial charge < -0.3 is 18.8 Å². The maximum atomic E-state index is 12.9. The number of nitrogens with zero attached hydrogens (tertiary/aromatic N) is 2. The van der Waals surface area contributed by atoms with Crippen molar-refractivity contribution in [2.45, 2.75) is 31.0 Å². The van der Waals surface area contributed by atoms with Crippen molar-refractivity contribution >= 4 is 18.0 Å². The Balaban J connectivity index is 1.57. The molecule has 0 saturated carbocycles. The Morgan fingerprint density at radius 3 is 2.66 bits per heavy atom. The van der Waals surface area contributed by atoms with Gasteiger partial charge in [0.1, 0.15) is 25.0 Å². The number of methoxy groups -OCH3 is 1. The maximum Gasteiger partial charge on any atom is 0.411 e. The zero-order valence-electron chi connectivity index (χ0n) is 16.0. The fourth-order valence-electron chi connectivity index (χ4n) is 4.02. The number of hydrogen-bond donors (Lipinski definition) is 0. The fourth-order valence-corrected chi connectivity index (χ4v) is 4.02. The number of furan rings is 1. The first-order valence-electron chi connectivity index (χ1n) is 9.50. The van der Waals surface area contributed by atoms with Crippen LogP contribution in [0.2, 0.25) is 0 Å². The number of esters is 1. The SMILES string of the molecule is COC(=O)CN1C(=O)[C@H](N2C(=O)OC[C@H]2c2ccccc2)[C@@H]1CCc1ccco1. The molecule has 3 heterocycles. The highest BCUT2D eigenvalue weighted by molar-refractivity contribution is 5.95. The number of amides is 2. The molecular weight excluding hydrogens is 376 g/mol. The predicted molar refractivity (Wildman–Crippen MR) is 101 cm³/mol. The molecule has 2 aromatic rings. The Kier molecular flexibility index (Phi) is 5.24. The van der Waals surface area contributed by atoms with Crippen molar-refractivity contribution in [3.63, 3.8) is 0 Å². The first-order chi connectivity index (χ1) is 14.1. The van der Waals surface area contributed by atoms with E-state index in [1.165, 1.54) is 16.9 Å². The average molecular weight is 398 g/mol. The molecule has 2 fully saturated rings. The summed E-state index contributed by atoms with van der Waals surface area (Å²) in [5.74, 6) is 0.00718. The Hall–Kier alpha value is -3.29. The van der Waals surface area contributed by atoms with E-state index >= 15 is 0 Å². The third-order valence-electron chi connectivity index (χ3n) is 5.49. The van der Waals surface area contributed by atoms with E-state index in [1.807, 2.05) is 36.4 Å². The summed E-state index contributed by atoms with van der Waals surface area (Å²) < 4.78 is 15.4. The average Bonchev–Trinajstić information content (AvgIpc) is 3.39. The number of ether oxygens (including phenoxy) is 2. The number of β-lactam (4-membered cyclic amide) rings is 1. The van der Waals surface area contributed by atoms with Gasteiger partial charge >= 0.3 is 12.1 Å². The summed E-state index contributed by atoms with van der Waals surface area (Å²) in [6.45, 7) is 0.0437. The number of cyclic esters (lactones) is 1. The smallest absolute Gasteiger partial charge is 0.411 e. The molecule has 2 saturated heterocycles. The Morgan fingerprint density at radius 1 is 1.17 bits per heavy atom. The van der Waals surface area contributed by atoms with Crippen LogP contribution in [0.25, 0.3) is 0 Å². The molecule has 0 bridgehead atoms. The standard InChI is InChI=1S/C21H22N2O6/c1-27-18(24)12-22-16(10-9-15-8-5-11-28-15)19(20(22)25)23-17(13-29-21(23)26)14-6-3-2-4-7-14/h2-8,11,16-17,19H,9-10,12-13H2,1H3/t16-,17-,19+/m0/s1. The summed E-state index contributed by atoms with van der Waals surface area (Å²) in [7, 11) is 1.28. The molecule has 0 spiro atoms. The van der Waals surface area contributed by atoms with E-state index in [0.29, 0.717) is 12.8 Å². The van der Waals surface area contributed by atoms with Crippen molar-refractivity contribution in [3.8, 4) is 0 Å². The molecule has 2 aliphatic heterocycles. The van der Waals surface area contributed by atoms with Gasteiger partial charge in [0.05, 0.1) is 25.5 Å². The van der Waals surface area contributed by atoms with Crippen LogP contribution in [-0.2, 0) is 25.5 Å². The van der Waals surface area contributed by atoms with Crippen LogP contribution in [-0.4, -0.2) is 60.1 Å². The van der Waals surface area contributed by atoms with Crippen LogP contribution in [0.15, 0.2) is 53.1 Å². The highest BCUT2D eigenvalue weighted by Gasteiger charge is 2.56. The van der Waals surface area contributed by atoms with Crippen LogP contribution in [0.3, 0.4) is 0 Å². The van der Waals surface area contributed by atoms with Gasteiger partial charge in [0.15, 0.2) is 0 Å². The van der Waals surface area contributed by atoms with Crippen molar-refractivity contribution < 1.29 is 28.3 Å². The number of carbonyl (C=O) groups excluding carboxylic acids is 3. The van der Waals surface area contributed by atoms with E-state index in [4.69, 9.17) is 13.9 Å². The van der Waals surface area contributed by atoms with Crippen LogP contribution < -0.4 is 0 Å². The van der Waals surface area contributed by atoms with Gasteiger partial charge in [-0.1, -0.05) is 30.3 Å². The number of carbonyl (C=O) groups is 3. The molecule has 8 nitrogen and oxygen atoms in total. The molecule has 0 unspecified atom stereocenters. The fraction of sp³-hybridized carbons (Fsp3) is 0.381. The summed E-state index contributed by atoms with van der Waals surface area (Å²) in [5.41, 5.74) is 0.905. The second kappa shape index (κ2) is 7.98. The van der Waals surface area contributed by atoms with Gasteiger partial charge in [-0.3, -0.25) is 14.5 Å². The molecule has 1 aromatic carbocycles. The lowest BCUT2D eigenvalue weighted by Crippen LogP contribution is -2.71. The zero-order valence-corrected chi connectivity index (χ0v) is 16.0. The minimum atomic E-state index is -0.685. The van der Waals surface area contributed by atoms with Crippen LogP contribution in [0.4, 0.5) is 4.79 Å². The molecule has 0 radical (unpaired) electrons. The normalized spacial score (nSPS) is 23.7. The molecule has 2 amide bonds. The van der Waals surface area contributed by atoms with Gasteiger partial charge in [-0.05, 0) is 24.1 Å². The zero-order chi connectivity index (χ0) is 20.4. The van der Waals surface area contributed by atoms with Crippen molar-refractivity contribution in [1.82, 2.24) is 9.80 Å². The van der Waals surface area contributed by atoms with E-state index < -0.39 is 18.1 Å². The van der Waals surface area contributed by atoms with Gasteiger partial charge in [-0.2, -0.15) is 0 Å². The highest BCUT2D eigenvalue weighted by atomic mass is 16.6. The lowest BCUT2D eigenvalue weighted by Gasteiger charge is -2.50. The quantitative estimate of drug-likeness (QED) is 0.525. The first-order valence-corrected chi connectivity index (χ1v) is 9.50. The molecule has 152 valence electrons. The first kappa shape index (κ1) is 19.0. The second-order valence-corrected chi connectivity index (χ2v) is 7.08. The van der Waals surface area contributed by atoms with E-state index in [2.05, 4.69) is 0 Å². The number of aryl methyl sites for hydroxylation is 1. The molecular formula is C21H22N2O6. The Labute approximate surface area is 168 Å². The summed E-state index contributed by atoms with van der Waals surface area (Å²) in [6, 6.07) is 11.8. The number of hydrogen-bond acceptors (Lipinski definition) is 6. The van der Waals surface area contributed by atoms with Gasteiger partial charge in [-0.25, -0.2) is 4.79 Å². The van der Waals surface area contributed by atoms with Crippen molar-refractivity contribution in [2.24, 2.45) is 0 Å². The monoisotopic (exact) mass is 398 g/mol. The third-order valence-corrected chi connectivity index (χ3v) is 5.49. The van der Waals surface area contributed by atoms with E-state index in [0.717, 1.165) is 11.3 Å². The predicted octanol–water partition coefficient (Wildman–Crippen LogP) is 2.16. The van der Waals surface area contributed by atoms with Gasteiger partial charge in [-0.15, -0.1) is 0 Å². The minimum absolute atomic E-state index is 0.145. The number of likely N-dealkylation sites (tertiary alicyclic amines) is 1. The van der Waals surface area contributed by atoms with Crippen LogP contribution >= 0.6 is 0 Å². The molecule has 4 rings (SSSR count). The maximum absolute atomic E-state index is 12.9. The minimum Gasteiger partial charge on any atom is -0.469 e. The van der Waals surface area contributed by atoms with Gasteiger partial charge in [0.2, 0.25) is 5.91 Å². The summed E-state index contributed by atoms with van der Waals surface area (Å²) >= 11 is 0. The largest absolute Gasteiger partial charge is 0.469 e. The Bertz CT molecular complexity index is 882. The molecule has 3 atom stereocenters. The Morgan fingerprint density at radius 2 is 1.97 bits per heavy atom. The third kappa shape index (κ3) is 3.57. The van der Waals surface area contributed by atoms with E-state index in [9.17, 15) is 14.4 Å². The lowest BCUT2D eigenvalue weighted by molar-refractivity contribution is -0.165. The topological polar surface area (TPSA) is 89.3 Å². The lowest BCUT2D eigenvalue weighted by atomic mass is 9.87. The van der Waals surface area contributed by atoms with Crippen LogP contribution in [0.5, 0.6) is 0 Å². The molecule has 2 aliphatic rings. The van der Waals surface area contributed by atoms with E-state index in [1.54, 1.807) is 12.3 Å². The number of benzene rings is 1. The number of rotatable bonds is 7. The molecule has 8 heteroatoms. The highest BCUT2D eigenvalue weighted by Crippen LogP contribution is 2.38. The van der Waals surface area contributed by atoms with E-state index in [-0.39, 0.29) is 31.1 Å². The summed E-state index contributed by atoms with van der Waals surface area (Å²) in [5, 5.41) is 0. The molecule has 0 aliphatic carbocycles. The van der Waals surface area contributed by atoms with Crippen LogP contribution in [0, 0.1) is 0 Å². The molecule has 0 N–H and O–H groups in total. The van der Waals surface area contributed by atoms with Gasteiger partial charge in [0, 0.05) is 6.42 Å². The molecule has 1 aromatic heterocycles. The van der Waals surface area contributed by atoms with Gasteiger partial charge in [0.25, 0.3) is 0 Å².